The number of benzene rings is 2. The Hall–Kier alpha value is -7.66. The van der Waals surface area contributed by atoms with Gasteiger partial charge >= 0.3 is 35.8 Å². The van der Waals surface area contributed by atoms with Crippen molar-refractivity contribution >= 4 is 35.8 Å². The summed E-state index contributed by atoms with van der Waals surface area (Å²) in [4.78, 5) is 89.3. The number of hydrogen-bond donors (Lipinski definition) is 0. The van der Waals surface area contributed by atoms with Crippen LogP contribution in [0.15, 0.2) is 81.1 Å². The topological polar surface area (TPSA) is 390 Å². The molecule has 28 heteroatoms. The van der Waals surface area contributed by atoms with Crippen molar-refractivity contribution in [3.05, 3.63) is 114 Å². The number of ether oxygens (including phenoxy) is 10. The van der Waals surface area contributed by atoms with E-state index in [1.807, 2.05) is 0 Å². The van der Waals surface area contributed by atoms with Gasteiger partial charge in [0, 0.05) is 47.3 Å². The Morgan fingerprint density at radius 1 is 0.536 bits per heavy atom. The van der Waals surface area contributed by atoms with Crippen LogP contribution < -0.4 is 0 Å². The van der Waals surface area contributed by atoms with Crippen LogP contribution in [0.2, 0.25) is 0 Å². The highest BCUT2D eigenvalue weighted by atomic mass is 16.8. The number of carbonyl (C=O) groups excluding carboxylic acids is 6. The van der Waals surface area contributed by atoms with Crippen molar-refractivity contribution in [2.75, 3.05) is 0 Å². The molecular weight excluding hydrogens is 917 g/mol. The molecule has 2 aromatic carbocycles. The Bertz CT molecular complexity index is 2400. The molecule has 3 aliphatic rings. The van der Waals surface area contributed by atoms with Gasteiger partial charge in [0.25, 0.3) is 0 Å². The van der Waals surface area contributed by atoms with Gasteiger partial charge in [-0.25, -0.2) is 9.59 Å². The third-order valence-corrected chi connectivity index (χ3v) is 10.8. The molecule has 366 valence electrons. The maximum atomic E-state index is 13.9. The smallest absolute Gasteiger partial charge is 0.338 e. The van der Waals surface area contributed by atoms with Gasteiger partial charge in [0.05, 0.1) is 35.4 Å². The second-order valence-corrected chi connectivity index (χ2v) is 15.6. The van der Waals surface area contributed by atoms with Crippen molar-refractivity contribution < 1.29 is 76.1 Å². The summed E-state index contributed by atoms with van der Waals surface area (Å²) in [6, 6.07) is 9.32. The summed E-state index contributed by atoms with van der Waals surface area (Å²) in [5.74, 6) is -5.58. The molecule has 0 aromatic heterocycles. The van der Waals surface area contributed by atoms with E-state index in [1.54, 1.807) is 36.4 Å². The van der Waals surface area contributed by atoms with Gasteiger partial charge in [0.15, 0.2) is 37.0 Å². The Morgan fingerprint density at radius 2 is 1.00 bits per heavy atom. The largest absolute Gasteiger partial charge is 0.460 e. The van der Waals surface area contributed by atoms with E-state index in [9.17, 15) is 50.9 Å². The number of esters is 6. The standard InChI is InChI=1S/C41H46N12O16/c1-18(46-50-42)29-34(64-38(58)24-13-9-7-10-14-24)37(65-39(59)25-15-11-8-12-16-25)41(66-29)69-36-31(61-21(4)55)26(47-51-43)17-27(48-52-44)32(36)68-40-28(49-53-45)33(62-22(5)56)35(63-23(6)57)30(67-40)19(2)60-20(3)54/h7-16,18-19,26-37,40-41H,17H2,1-6H3/t18-,19+,26+,27-,28+,29+,30+,31-,32+,33+,34+,35+,36+,37+,40+,41-/m0/s1. The van der Waals surface area contributed by atoms with Gasteiger partial charge in [0.1, 0.15) is 36.6 Å². The van der Waals surface area contributed by atoms with E-state index in [2.05, 4.69) is 40.1 Å². The maximum Gasteiger partial charge on any atom is 0.338 e. The third-order valence-electron chi connectivity index (χ3n) is 10.8. The summed E-state index contributed by atoms with van der Waals surface area (Å²) < 4.78 is 59.8. The number of carbonyl (C=O) groups is 6. The van der Waals surface area contributed by atoms with Crippen LogP contribution in [0.3, 0.4) is 0 Å². The number of hydrogen-bond acceptors (Lipinski definition) is 20. The Kier molecular flexibility index (Phi) is 18.5. The summed E-state index contributed by atoms with van der Waals surface area (Å²) in [5, 5.41) is 15.2. The molecule has 5 rings (SSSR count). The summed E-state index contributed by atoms with van der Waals surface area (Å²) in [6.07, 6.45) is -20.8. The van der Waals surface area contributed by atoms with Crippen molar-refractivity contribution in [2.24, 2.45) is 20.5 Å². The lowest BCUT2D eigenvalue weighted by Crippen LogP contribution is -2.66. The summed E-state index contributed by atoms with van der Waals surface area (Å²) >= 11 is 0. The molecule has 28 nitrogen and oxygen atoms in total. The van der Waals surface area contributed by atoms with Crippen molar-refractivity contribution in [2.45, 2.75) is 146 Å². The second kappa shape index (κ2) is 24.4. The first-order chi connectivity index (χ1) is 33.0. The molecule has 1 aliphatic carbocycles. The Morgan fingerprint density at radius 3 is 1.51 bits per heavy atom. The molecule has 2 aromatic rings. The molecule has 0 amide bonds. The van der Waals surface area contributed by atoms with Gasteiger partial charge in [0.2, 0.25) is 0 Å². The lowest BCUT2D eigenvalue weighted by atomic mass is 9.83. The average molecular weight is 963 g/mol. The minimum absolute atomic E-state index is 0.0184. The molecular formula is C41H46N12O16. The zero-order valence-electron chi connectivity index (χ0n) is 37.6. The maximum absolute atomic E-state index is 13.9. The van der Waals surface area contributed by atoms with E-state index in [4.69, 9.17) is 47.4 Å². The molecule has 0 bridgehead atoms. The van der Waals surface area contributed by atoms with E-state index in [0.717, 1.165) is 27.7 Å². The SMILES string of the molecule is CC(=O)O[C@H]1[C@H](OC(C)=O)[C@@H](N=[N+]=[N-])[C@@H](O[C@H]2[C@H](O[C@@H]3O[C@H]([C@H](C)N=[N+]=[N-])[C@@H](OC(=O)c4ccccc4)[C@H]3OC(=O)c3ccccc3)[C@@H](OC(C)=O)[C@H](N=[N+]=[N-])C[C@@H]2N=[N+]=[N-])O[C@@H]1[C@@H](C)OC(C)=O. The molecule has 0 unspecified atom stereocenters. The van der Waals surface area contributed by atoms with E-state index < -0.39 is 140 Å². The zero-order chi connectivity index (χ0) is 50.4. The lowest BCUT2D eigenvalue weighted by molar-refractivity contribution is -0.317. The third kappa shape index (κ3) is 13.3. The predicted molar refractivity (Wildman–Crippen MR) is 228 cm³/mol. The first kappa shape index (κ1) is 52.3. The van der Waals surface area contributed by atoms with Crippen LogP contribution in [-0.2, 0) is 66.5 Å². The number of rotatable bonds is 18. The van der Waals surface area contributed by atoms with Gasteiger partial charge in [-0.05, 0) is 59.7 Å². The number of nitrogens with zero attached hydrogens (tertiary/aromatic N) is 12. The van der Waals surface area contributed by atoms with Crippen LogP contribution in [0.25, 0.3) is 41.8 Å². The molecule has 69 heavy (non-hydrogen) atoms. The molecule has 1 saturated carbocycles. The molecule has 0 radical (unpaired) electrons. The normalized spacial score (nSPS) is 30.1. The van der Waals surface area contributed by atoms with Crippen molar-refractivity contribution in [1.82, 2.24) is 0 Å². The zero-order valence-corrected chi connectivity index (χ0v) is 37.6. The molecule has 2 saturated heterocycles. The Labute approximate surface area is 391 Å². The fourth-order valence-corrected chi connectivity index (χ4v) is 8.06. The highest BCUT2D eigenvalue weighted by Crippen LogP contribution is 2.40. The Balaban J connectivity index is 1.70. The quantitative estimate of drug-likeness (QED) is 0.0581. The van der Waals surface area contributed by atoms with Crippen molar-refractivity contribution in [3.8, 4) is 0 Å². The molecule has 2 aliphatic heterocycles. The van der Waals surface area contributed by atoms with Crippen LogP contribution >= 0.6 is 0 Å². The van der Waals surface area contributed by atoms with Crippen molar-refractivity contribution in [1.29, 1.82) is 0 Å². The minimum Gasteiger partial charge on any atom is -0.460 e. The van der Waals surface area contributed by atoms with Crippen molar-refractivity contribution in [3.63, 3.8) is 0 Å². The molecule has 0 spiro atoms. The van der Waals surface area contributed by atoms with Crippen LogP contribution in [0.5, 0.6) is 0 Å². The highest BCUT2D eigenvalue weighted by Gasteiger charge is 2.59. The van der Waals surface area contributed by atoms with Gasteiger partial charge in [-0.3, -0.25) is 19.2 Å². The van der Waals surface area contributed by atoms with Gasteiger partial charge in [-0.1, -0.05) is 63.8 Å². The summed E-state index contributed by atoms with van der Waals surface area (Å²) in [5.41, 5.74) is 39.0. The lowest BCUT2D eigenvalue weighted by Gasteiger charge is -2.49. The fourth-order valence-electron chi connectivity index (χ4n) is 8.06. The van der Waals surface area contributed by atoms with Crippen LogP contribution in [0, 0.1) is 0 Å². The van der Waals surface area contributed by atoms with E-state index in [-0.39, 0.29) is 11.1 Å². The van der Waals surface area contributed by atoms with E-state index >= 15 is 0 Å². The van der Waals surface area contributed by atoms with Gasteiger partial charge < -0.3 is 47.4 Å². The molecule has 2 heterocycles. The first-order valence-corrected chi connectivity index (χ1v) is 21.0. The van der Waals surface area contributed by atoms with Gasteiger partial charge in [-0.2, -0.15) is 0 Å². The summed E-state index contributed by atoms with van der Waals surface area (Å²) in [6.45, 7) is 6.85. The first-order valence-electron chi connectivity index (χ1n) is 21.0. The molecule has 16 atom stereocenters. The van der Waals surface area contributed by atoms with E-state index in [1.165, 1.54) is 38.1 Å². The molecule has 3 fully saturated rings. The monoisotopic (exact) mass is 962 g/mol. The fraction of sp³-hybridized carbons (Fsp3) is 0.561. The second-order valence-electron chi connectivity index (χ2n) is 15.6. The van der Waals surface area contributed by atoms with Crippen LogP contribution in [0.1, 0.15) is 68.7 Å². The summed E-state index contributed by atoms with van der Waals surface area (Å²) in [7, 11) is 0. The average Bonchev–Trinajstić information content (AvgIpc) is 3.62. The van der Waals surface area contributed by atoms with Crippen LogP contribution in [-0.4, -0.2) is 134 Å². The van der Waals surface area contributed by atoms with Gasteiger partial charge in [-0.15, -0.1) is 0 Å². The predicted octanol–water partition coefficient (Wildman–Crippen LogP) is 5.54. The highest BCUT2D eigenvalue weighted by molar-refractivity contribution is 5.90. The molecule has 0 N–H and O–H groups in total. The van der Waals surface area contributed by atoms with E-state index in [0.29, 0.717) is 0 Å². The minimum atomic E-state index is -1.95. The van der Waals surface area contributed by atoms with Crippen LogP contribution in [0.4, 0.5) is 0 Å². The number of azide groups is 4.